The highest BCUT2D eigenvalue weighted by molar-refractivity contribution is 5.68. The van der Waals surface area contributed by atoms with Gasteiger partial charge >= 0.3 is 6.09 Å². The van der Waals surface area contributed by atoms with Crippen LogP contribution in [-0.2, 0) is 9.47 Å². The van der Waals surface area contributed by atoms with Crippen molar-refractivity contribution in [2.24, 2.45) is 0 Å². The van der Waals surface area contributed by atoms with E-state index in [2.05, 4.69) is 17.3 Å². The van der Waals surface area contributed by atoms with Crippen LogP contribution in [0.4, 0.5) is 4.79 Å². The molecule has 0 bridgehead atoms. The lowest BCUT2D eigenvalue weighted by atomic mass is 10.1. The van der Waals surface area contributed by atoms with E-state index in [4.69, 9.17) is 9.47 Å². The van der Waals surface area contributed by atoms with E-state index in [1.54, 1.807) is 12.0 Å². The molecule has 0 radical (unpaired) electrons. The van der Waals surface area contributed by atoms with E-state index in [0.29, 0.717) is 25.7 Å². The first-order valence-electron chi connectivity index (χ1n) is 8.20. The fourth-order valence-corrected chi connectivity index (χ4v) is 2.44. The molecule has 1 heterocycles. The smallest absolute Gasteiger partial charge is 0.410 e. The Balaban J connectivity index is 2.35. The summed E-state index contributed by atoms with van der Waals surface area (Å²) < 4.78 is 10.5. The highest BCUT2D eigenvalue weighted by Crippen LogP contribution is 2.10. The molecule has 6 nitrogen and oxygen atoms in total. The fourth-order valence-electron chi connectivity index (χ4n) is 2.44. The first-order valence-corrected chi connectivity index (χ1v) is 8.20. The van der Waals surface area contributed by atoms with Crippen molar-refractivity contribution in [3.63, 3.8) is 0 Å². The Bertz CT molecular complexity index is 323. The second kappa shape index (κ2) is 9.33. The number of amides is 1. The van der Waals surface area contributed by atoms with Crippen LogP contribution in [0.25, 0.3) is 0 Å². The minimum absolute atomic E-state index is 0.269. The molecule has 0 unspecified atom stereocenters. The lowest BCUT2D eigenvalue weighted by Crippen LogP contribution is -2.46. The zero-order valence-electron chi connectivity index (χ0n) is 14.9. The van der Waals surface area contributed by atoms with Gasteiger partial charge in [0.1, 0.15) is 5.60 Å². The Labute approximate surface area is 135 Å². The quantitative estimate of drug-likeness (QED) is 0.772. The van der Waals surface area contributed by atoms with Gasteiger partial charge in [0, 0.05) is 32.8 Å². The average Bonchev–Trinajstić information content (AvgIpc) is 2.42. The van der Waals surface area contributed by atoms with Gasteiger partial charge in [0.05, 0.1) is 6.61 Å². The summed E-state index contributed by atoms with van der Waals surface area (Å²) in [7, 11) is 3.80. The van der Waals surface area contributed by atoms with Crippen LogP contribution in [-0.4, -0.2) is 81.0 Å². The number of hydrogen-bond acceptors (Lipinski definition) is 5. The van der Waals surface area contributed by atoms with Crippen LogP contribution >= 0.6 is 0 Å². The van der Waals surface area contributed by atoms with Crippen LogP contribution in [0.5, 0.6) is 0 Å². The third-order valence-electron chi connectivity index (χ3n) is 3.75. The molecule has 1 rings (SSSR count). The van der Waals surface area contributed by atoms with E-state index in [-0.39, 0.29) is 6.09 Å². The van der Waals surface area contributed by atoms with Crippen molar-refractivity contribution in [1.82, 2.24) is 15.1 Å². The van der Waals surface area contributed by atoms with Crippen molar-refractivity contribution in [3.8, 4) is 0 Å². The number of piperidine rings is 1. The van der Waals surface area contributed by atoms with Crippen LogP contribution in [0.1, 0.15) is 33.6 Å². The highest BCUT2D eigenvalue weighted by Gasteiger charge is 2.22. The van der Waals surface area contributed by atoms with E-state index < -0.39 is 5.60 Å². The molecule has 0 aliphatic carbocycles. The second-order valence-corrected chi connectivity index (χ2v) is 6.99. The van der Waals surface area contributed by atoms with Crippen molar-refractivity contribution >= 4 is 6.09 Å². The lowest BCUT2D eigenvalue weighted by Gasteiger charge is -2.31. The predicted molar refractivity (Wildman–Crippen MR) is 88.2 cm³/mol. The summed E-state index contributed by atoms with van der Waals surface area (Å²) in [5.41, 5.74) is -0.468. The molecule has 22 heavy (non-hydrogen) atoms. The SMILES string of the molecule is COCCN(CCNC1CCN(C)CC1)C(=O)OC(C)(C)C. The Morgan fingerprint density at radius 2 is 1.91 bits per heavy atom. The summed E-state index contributed by atoms with van der Waals surface area (Å²) in [6.45, 7) is 10.4. The maximum Gasteiger partial charge on any atom is 0.410 e. The monoisotopic (exact) mass is 315 g/mol. The number of nitrogens with zero attached hydrogens (tertiary/aromatic N) is 2. The minimum Gasteiger partial charge on any atom is -0.444 e. The van der Waals surface area contributed by atoms with E-state index in [1.165, 1.54) is 12.8 Å². The normalized spacial score (nSPS) is 17.5. The number of methoxy groups -OCH3 is 1. The van der Waals surface area contributed by atoms with Crippen LogP contribution in [0.15, 0.2) is 0 Å². The van der Waals surface area contributed by atoms with Crippen LogP contribution in [0.2, 0.25) is 0 Å². The molecule has 1 fully saturated rings. The van der Waals surface area contributed by atoms with E-state index >= 15 is 0 Å². The molecule has 130 valence electrons. The van der Waals surface area contributed by atoms with Gasteiger partial charge in [0.15, 0.2) is 0 Å². The summed E-state index contributed by atoms with van der Waals surface area (Å²) >= 11 is 0. The van der Waals surface area contributed by atoms with Crippen molar-refractivity contribution in [1.29, 1.82) is 0 Å². The first kappa shape index (κ1) is 19.2. The van der Waals surface area contributed by atoms with E-state index in [1.807, 2.05) is 20.8 Å². The predicted octanol–water partition coefficient (Wildman–Crippen LogP) is 1.55. The molecular formula is C16H33N3O3. The Hall–Kier alpha value is -0.850. The van der Waals surface area contributed by atoms with Gasteiger partial charge in [0.2, 0.25) is 0 Å². The first-order chi connectivity index (χ1) is 10.3. The van der Waals surface area contributed by atoms with Crippen LogP contribution in [0, 0.1) is 0 Å². The summed E-state index contributed by atoms with van der Waals surface area (Å²) in [5, 5.41) is 3.55. The number of rotatable bonds is 7. The molecule has 1 aliphatic heterocycles. The summed E-state index contributed by atoms with van der Waals surface area (Å²) in [6, 6.07) is 0.555. The maximum atomic E-state index is 12.2. The van der Waals surface area contributed by atoms with Crippen LogP contribution < -0.4 is 5.32 Å². The van der Waals surface area contributed by atoms with Gasteiger partial charge in [-0.2, -0.15) is 0 Å². The largest absolute Gasteiger partial charge is 0.444 e. The van der Waals surface area contributed by atoms with Gasteiger partial charge in [-0.25, -0.2) is 4.79 Å². The van der Waals surface area contributed by atoms with Crippen molar-refractivity contribution in [3.05, 3.63) is 0 Å². The third kappa shape index (κ3) is 7.96. The molecule has 1 saturated heterocycles. The van der Waals surface area contributed by atoms with Gasteiger partial charge in [-0.3, -0.25) is 0 Å². The molecule has 0 atom stereocenters. The average molecular weight is 315 g/mol. The molecule has 1 N–H and O–H groups in total. The molecule has 1 aliphatic rings. The molecular weight excluding hydrogens is 282 g/mol. The second-order valence-electron chi connectivity index (χ2n) is 6.99. The van der Waals surface area contributed by atoms with Crippen LogP contribution in [0.3, 0.4) is 0 Å². The highest BCUT2D eigenvalue weighted by atomic mass is 16.6. The minimum atomic E-state index is -0.468. The number of carbonyl (C=O) groups excluding carboxylic acids is 1. The fraction of sp³-hybridized carbons (Fsp3) is 0.938. The van der Waals surface area contributed by atoms with E-state index in [9.17, 15) is 4.79 Å². The molecule has 0 spiro atoms. The third-order valence-corrected chi connectivity index (χ3v) is 3.75. The standard InChI is InChI=1S/C16H33N3O3/c1-16(2,3)22-15(20)19(12-13-21-5)11-8-17-14-6-9-18(4)10-7-14/h14,17H,6-13H2,1-5H3. The zero-order chi connectivity index (χ0) is 16.6. The van der Waals surface area contributed by atoms with Crippen molar-refractivity contribution < 1.29 is 14.3 Å². The van der Waals surface area contributed by atoms with Crippen molar-refractivity contribution in [2.75, 3.05) is 53.5 Å². The number of carbonyl (C=O) groups is 1. The molecule has 0 aromatic rings. The van der Waals surface area contributed by atoms with Crippen molar-refractivity contribution in [2.45, 2.75) is 45.3 Å². The lowest BCUT2D eigenvalue weighted by molar-refractivity contribution is 0.0202. The molecule has 0 aromatic carbocycles. The number of likely N-dealkylation sites (tertiary alicyclic amines) is 1. The summed E-state index contributed by atoms with van der Waals surface area (Å²) in [6.07, 6.45) is 2.07. The number of ether oxygens (including phenoxy) is 2. The van der Waals surface area contributed by atoms with Gasteiger partial charge in [-0.1, -0.05) is 0 Å². The Kier molecular flexibility index (Phi) is 8.14. The molecule has 6 heteroatoms. The van der Waals surface area contributed by atoms with Gasteiger partial charge in [-0.05, 0) is 53.8 Å². The zero-order valence-corrected chi connectivity index (χ0v) is 14.9. The topological polar surface area (TPSA) is 54.0 Å². The van der Waals surface area contributed by atoms with E-state index in [0.717, 1.165) is 19.6 Å². The Morgan fingerprint density at radius 3 is 2.45 bits per heavy atom. The number of hydrogen-bond donors (Lipinski definition) is 1. The van der Waals surface area contributed by atoms with Gasteiger partial charge in [-0.15, -0.1) is 0 Å². The Morgan fingerprint density at radius 1 is 1.27 bits per heavy atom. The van der Waals surface area contributed by atoms with Gasteiger partial charge in [0.25, 0.3) is 0 Å². The maximum absolute atomic E-state index is 12.2. The summed E-state index contributed by atoms with van der Waals surface area (Å²) in [4.78, 5) is 16.3. The van der Waals surface area contributed by atoms with Gasteiger partial charge < -0.3 is 24.6 Å². The summed E-state index contributed by atoms with van der Waals surface area (Å²) in [5.74, 6) is 0. The molecule has 0 saturated carbocycles. The number of nitrogens with one attached hydrogen (secondary N) is 1. The molecule has 1 amide bonds. The molecule has 0 aromatic heterocycles.